The van der Waals surface area contributed by atoms with Crippen LogP contribution in [0.1, 0.15) is 64.7 Å². The van der Waals surface area contributed by atoms with Crippen LogP contribution in [0, 0.1) is 0 Å². The minimum atomic E-state index is -1.26. The predicted molar refractivity (Wildman–Crippen MR) is 57.2 cm³/mol. The first-order valence-electron chi connectivity index (χ1n) is 5.88. The van der Waals surface area contributed by atoms with Gasteiger partial charge in [0.25, 0.3) is 0 Å². The van der Waals surface area contributed by atoms with E-state index in [1.54, 1.807) is 0 Å². The summed E-state index contributed by atoms with van der Waals surface area (Å²) >= 11 is 0. The van der Waals surface area contributed by atoms with Crippen LogP contribution in [0.15, 0.2) is 0 Å². The van der Waals surface area contributed by atoms with Crippen LogP contribution in [0.3, 0.4) is 0 Å². The van der Waals surface area contributed by atoms with Crippen molar-refractivity contribution in [1.29, 1.82) is 0 Å². The molecule has 88 valence electrons. The molecule has 0 atom stereocenters. The summed E-state index contributed by atoms with van der Waals surface area (Å²) in [5.74, 6) is -1.47. The van der Waals surface area contributed by atoms with Crippen LogP contribution in [-0.4, -0.2) is 11.8 Å². The van der Waals surface area contributed by atoms with E-state index in [1.807, 2.05) is 0 Å². The second kappa shape index (κ2) is 13.2. The van der Waals surface area contributed by atoms with Crippen LogP contribution < -0.4 is 34.7 Å². The molecular formula is C12H21NaO3. The number of carboxylic acid groups (broad SMARTS) is 1. The van der Waals surface area contributed by atoms with Gasteiger partial charge in [-0.25, -0.2) is 0 Å². The molecular weight excluding hydrogens is 215 g/mol. The molecule has 3 nitrogen and oxygen atoms in total. The zero-order valence-corrected chi connectivity index (χ0v) is 12.6. The zero-order chi connectivity index (χ0) is 11.5. The second-order valence-corrected chi connectivity index (χ2v) is 3.96. The molecule has 0 aliphatic carbocycles. The Hall–Kier alpha value is 0.140. The molecule has 0 fully saturated rings. The van der Waals surface area contributed by atoms with Gasteiger partial charge >= 0.3 is 29.6 Å². The number of rotatable bonds is 10. The first-order valence-corrected chi connectivity index (χ1v) is 5.88. The molecule has 0 heterocycles. The number of Topliss-reactive ketones (excluding diaryl/α,β-unsaturated/α-hetero) is 1. The van der Waals surface area contributed by atoms with Crippen molar-refractivity contribution in [2.45, 2.75) is 64.7 Å². The van der Waals surface area contributed by atoms with Crippen molar-refractivity contribution in [3.05, 3.63) is 0 Å². The summed E-state index contributed by atoms with van der Waals surface area (Å²) in [5, 5.41) is 10.1. The van der Waals surface area contributed by atoms with E-state index in [-0.39, 0.29) is 35.3 Å². The number of unbranched alkanes of at least 4 members (excludes halogenated alkanes) is 6. The van der Waals surface area contributed by atoms with Gasteiger partial charge in [0.15, 0.2) is 0 Å². The summed E-state index contributed by atoms with van der Waals surface area (Å²) in [5.41, 5.74) is 0. The van der Waals surface area contributed by atoms with E-state index in [1.165, 1.54) is 25.7 Å². The molecule has 0 aliphatic rings. The fourth-order valence-electron chi connectivity index (χ4n) is 1.53. The Labute approximate surface area is 120 Å². The Morgan fingerprint density at radius 2 is 1.44 bits per heavy atom. The summed E-state index contributed by atoms with van der Waals surface area (Å²) in [6, 6.07) is 0. The van der Waals surface area contributed by atoms with Gasteiger partial charge in [0.05, 0.1) is 0 Å². The first-order chi connectivity index (χ1) is 7.16. The van der Waals surface area contributed by atoms with E-state index in [9.17, 15) is 14.7 Å². The summed E-state index contributed by atoms with van der Waals surface area (Å²) in [6.07, 6.45) is 7.98. The van der Waals surface area contributed by atoms with Gasteiger partial charge in [0, 0.05) is 18.8 Å². The SMILES string of the molecule is CCCCCCCCCC(=O)CC(=O)[O-].[Na+]. The Balaban J connectivity index is 0. The van der Waals surface area contributed by atoms with Crippen LogP contribution in [0.4, 0.5) is 0 Å². The molecule has 0 radical (unpaired) electrons. The maximum absolute atomic E-state index is 11.0. The molecule has 0 unspecified atom stereocenters. The molecule has 0 saturated heterocycles. The monoisotopic (exact) mass is 236 g/mol. The van der Waals surface area contributed by atoms with Gasteiger partial charge in [0.1, 0.15) is 5.78 Å². The van der Waals surface area contributed by atoms with Crippen LogP contribution in [0.5, 0.6) is 0 Å². The molecule has 0 spiro atoms. The van der Waals surface area contributed by atoms with Crippen LogP contribution in [0.2, 0.25) is 0 Å². The maximum Gasteiger partial charge on any atom is 1.00 e. The normalized spacial score (nSPS) is 9.56. The fraction of sp³-hybridized carbons (Fsp3) is 0.833. The van der Waals surface area contributed by atoms with Crippen molar-refractivity contribution in [3.8, 4) is 0 Å². The molecule has 0 saturated carbocycles. The fourth-order valence-corrected chi connectivity index (χ4v) is 1.53. The van der Waals surface area contributed by atoms with Crippen molar-refractivity contribution in [2.24, 2.45) is 0 Å². The van der Waals surface area contributed by atoms with Crippen LogP contribution in [-0.2, 0) is 9.59 Å². The maximum atomic E-state index is 11.0. The van der Waals surface area contributed by atoms with Gasteiger partial charge in [-0.3, -0.25) is 4.79 Å². The summed E-state index contributed by atoms with van der Waals surface area (Å²) in [4.78, 5) is 21.1. The number of aliphatic carboxylic acids is 1. The van der Waals surface area contributed by atoms with Gasteiger partial charge in [-0.15, -0.1) is 0 Å². The van der Waals surface area contributed by atoms with Crippen molar-refractivity contribution in [3.63, 3.8) is 0 Å². The molecule has 0 amide bonds. The average Bonchev–Trinajstić information content (AvgIpc) is 2.15. The van der Waals surface area contributed by atoms with Crippen LogP contribution >= 0.6 is 0 Å². The van der Waals surface area contributed by atoms with E-state index in [4.69, 9.17) is 0 Å². The molecule has 0 N–H and O–H groups in total. The topological polar surface area (TPSA) is 57.2 Å². The zero-order valence-electron chi connectivity index (χ0n) is 10.6. The number of carboxylic acids is 1. The third-order valence-corrected chi connectivity index (χ3v) is 2.40. The molecule has 0 rings (SSSR count). The number of ketones is 1. The van der Waals surface area contributed by atoms with E-state index in [2.05, 4.69) is 6.92 Å². The quantitative estimate of drug-likeness (QED) is 0.273. The Kier molecular flexibility index (Phi) is 15.3. The Morgan fingerprint density at radius 1 is 0.938 bits per heavy atom. The standard InChI is InChI=1S/C12H22O3.Na/c1-2-3-4-5-6-7-8-9-11(13)10-12(14)15;/h2-10H2,1H3,(H,14,15);/q;+1/p-1. The number of carbonyl (C=O) groups excluding carboxylic acids is 2. The van der Waals surface area contributed by atoms with E-state index in [0.29, 0.717) is 6.42 Å². The van der Waals surface area contributed by atoms with Gasteiger partial charge in [-0.1, -0.05) is 45.4 Å². The minimum absolute atomic E-state index is 0. The van der Waals surface area contributed by atoms with Gasteiger partial charge in [0.2, 0.25) is 0 Å². The van der Waals surface area contributed by atoms with Crippen molar-refractivity contribution >= 4 is 11.8 Å². The molecule has 0 aromatic carbocycles. The van der Waals surface area contributed by atoms with E-state index < -0.39 is 12.4 Å². The smallest absolute Gasteiger partial charge is 0.550 e. The molecule has 0 aromatic rings. The van der Waals surface area contributed by atoms with Gasteiger partial charge < -0.3 is 9.90 Å². The second-order valence-electron chi connectivity index (χ2n) is 3.96. The third kappa shape index (κ3) is 14.1. The molecule has 4 heteroatoms. The average molecular weight is 236 g/mol. The summed E-state index contributed by atoms with van der Waals surface area (Å²) in [7, 11) is 0. The number of carbonyl (C=O) groups is 2. The van der Waals surface area contributed by atoms with Gasteiger partial charge in [-0.2, -0.15) is 0 Å². The van der Waals surface area contributed by atoms with Crippen molar-refractivity contribution in [1.82, 2.24) is 0 Å². The first kappa shape index (κ1) is 18.5. The van der Waals surface area contributed by atoms with Crippen molar-refractivity contribution < 1.29 is 44.3 Å². The minimum Gasteiger partial charge on any atom is -0.550 e. The Morgan fingerprint density at radius 3 is 1.94 bits per heavy atom. The predicted octanol–water partition coefficient (Wildman–Crippen LogP) is -1.16. The largest absolute Gasteiger partial charge is 1.00 e. The summed E-state index contributed by atoms with van der Waals surface area (Å²) < 4.78 is 0. The summed E-state index contributed by atoms with van der Waals surface area (Å²) in [6.45, 7) is 2.18. The van der Waals surface area contributed by atoms with E-state index in [0.717, 1.165) is 19.3 Å². The van der Waals surface area contributed by atoms with E-state index >= 15 is 0 Å². The number of hydrogen-bond donors (Lipinski definition) is 0. The number of hydrogen-bond acceptors (Lipinski definition) is 3. The third-order valence-electron chi connectivity index (χ3n) is 2.40. The van der Waals surface area contributed by atoms with Crippen molar-refractivity contribution in [2.75, 3.05) is 0 Å². The molecule has 0 aliphatic heterocycles. The van der Waals surface area contributed by atoms with Gasteiger partial charge in [-0.05, 0) is 6.42 Å². The molecule has 0 bridgehead atoms. The molecule has 0 aromatic heterocycles. The van der Waals surface area contributed by atoms with Crippen LogP contribution in [0.25, 0.3) is 0 Å². The Bertz CT molecular complexity index is 193. The molecule has 16 heavy (non-hydrogen) atoms.